The van der Waals surface area contributed by atoms with Crippen LogP contribution in [0.5, 0.6) is 0 Å². The fourth-order valence-corrected chi connectivity index (χ4v) is 5.36. The molecule has 0 atom stereocenters. The second kappa shape index (κ2) is 9.40. The molecule has 1 saturated heterocycles. The fourth-order valence-electron chi connectivity index (χ4n) is 3.70. The van der Waals surface area contributed by atoms with Crippen molar-refractivity contribution >= 4 is 33.3 Å². The molecule has 1 N–H and O–H groups in total. The molecule has 1 fully saturated rings. The predicted molar refractivity (Wildman–Crippen MR) is 119 cm³/mol. The number of hydrogen-bond donors (Lipinski definition) is 1. The van der Waals surface area contributed by atoms with Crippen molar-refractivity contribution in [2.75, 3.05) is 18.4 Å². The molecule has 0 aliphatic carbocycles. The average Bonchev–Trinajstić information content (AvgIpc) is 3.22. The van der Waals surface area contributed by atoms with E-state index < -0.39 is 15.8 Å². The van der Waals surface area contributed by atoms with Gasteiger partial charge in [0, 0.05) is 30.1 Å². The van der Waals surface area contributed by atoms with Crippen LogP contribution in [0.4, 0.5) is 10.2 Å². The maximum atomic E-state index is 13.1. The van der Waals surface area contributed by atoms with E-state index in [0.29, 0.717) is 30.2 Å². The number of carbonyl (C=O) groups excluding carboxylic acids is 1. The van der Waals surface area contributed by atoms with E-state index >= 15 is 0 Å². The number of sulfonamides is 1. The van der Waals surface area contributed by atoms with Gasteiger partial charge in [-0.15, -0.1) is 0 Å². The zero-order valence-corrected chi connectivity index (χ0v) is 18.7. The molecule has 0 saturated carbocycles. The van der Waals surface area contributed by atoms with Gasteiger partial charge >= 0.3 is 0 Å². The van der Waals surface area contributed by atoms with Gasteiger partial charge in [-0.05, 0) is 48.7 Å². The van der Waals surface area contributed by atoms with Gasteiger partial charge in [-0.1, -0.05) is 29.8 Å². The minimum atomic E-state index is -3.71. The third-order valence-corrected chi connectivity index (χ3v) is 7.80. The predicted octanol–water partition coefficient (Wildman–Crippen LogP) is 3.76. The monoisotopic (exact) mass is 476 g/mol. The molecule has 1 aliphatic rings. The van der Waals surface area contributed by atoms with Crippen molar-refractivity contribution in [2.24, 2.45) is 5.92 Å². The lowest BCUT2D eigenvalue weighted by Gasteiger charge is -2.30. The SMILES string of the molecule is O=C(Nc1ccnn1Cc1ccccc1Cl)C1CCN(S(=O)(=O)c2ccc(F)cc2)CC1. The van der Waals surface area contributed by atoms with E-state index in [-0.39, 0.29) is 29.8 Å². The smallest absolute Gasteiger partial charge is 0.243 e. The summed E-state index contributed by atoms with van der Waals surface area (Å²) < 4.78 is 41.6. The Labute approximate surface area is 190 Å². The highest BCUT2D eigenvalue weighted by molar-refractivity contribution is 7.89. The quantitative estimate of drug-likeness (QED) is 0.587. The third-order valence-electron chi connectivity index (χ3n) is 5.52. The van der Waals surface area contributed by atoms with Crippen molar-refractivity contribution in [1.29, 1.82) is 0 Å². The van der Waals surface area contributed by atoms with Crippen LogP contribution in [0, 0.1) is 11.7 Å². The van der Waals surface area contributed by atoms with Gasteiger partial charge in [-0.2, -0.15) is 9.40 Å². The van der Waals surface area contributed by atoms with E-state index in [9.17, 15) is 17.6 Å². The van der Waals surface area contributed by atoms with Gasteiger partial charge in [0.2, 0.25) is 15.9 Å². The summed E-state index contributed by atoms with van der Waals surface area (Å²) in [6.07, 6.45) is 2.39. The van der Waals surface area contributed by atoms with Crippen LogP contribution in [-0.4, -0.2) is 41.5 Å². The average molecular weight is 477 g/mol. The van der Waals surface area contributed by atoms with E-state index in [1.54, 1.807) is 23.0 Å². The number of amides is 1. The highest BCUT2D eigenvalue weighted by Crippen LogP contribution is 2.25. The molecule has 0 spiro atoms. The number of carbonyl (C=O) groups is 1. The fraction of sp³-hybridized carbons (Fsp3) is 0.273. The van der Waals surface area contributed by atoms with Crippen LogP contribution in [0.3, 0.4) is 0 Å². The summed E-state index contributed by atoms with van der Waals surface area (Å²) >= 11 is 6.22. The molecular weight excluding hydrogens is 455 g/mol. The summed E-state index contributed by atoms with van der Waals surface area (Å²) in [6.45, 7) is 0.851. The van der Waals surface area contributed by atoms with E-state index in [4.69, 9.17) is 11.6 Å². The minimum Gasteiger partial charge on any atom is -0.311 e. The van der Waals surface area contributed by atoms with Crippen molar-refractivity contribution in [1.82, 2.24) is 14.1 Å². The molecule has 0 unspecified atom stereocenters. The van der Waals surface area contributed by atoms with E-state index in [1.165, 1.54) is 16.4 Å². The first-order valence-corrected chi connectivity index (χ1v) is 12.0. The van der Waals surface area contributed by atoms with E-state index in [0.717, 1.165) is 17.7 Å². The first-order valence-electron chi connectivity index (χ1n) is 10.2. The molecule has 3 aromatic rings. The van der Waals surface area contributed by atoms with Gasteiger partial charge in [-0.25, -0.2) is 17.5 Å². The number of nitrogens with one attached hydrogen (secondary N) is 1. The number of anilines is 1. The maximum Gasteiger partial charge on any atom is 0.243 e. The topological polar surface area (TPSA) is 84.3 Å². The Morgan fingerprint density at radius 1 is 1.09 bits per heavy atom. The summed E-state index contributed by atoms with van der Waals surface area (Å²) in [5, 5.41) is 7.78. The molecular formula is C22H22ClFN4O3S. The van der Waals surface area contributed by atoms with Crippen LogP contribution in [0.15, 0.2) is 65.7 Å². The Morgan fingerprint density at radius 2 is 1.78 bits per heavy atom. The highest BCUT2D eigenvalue weighted by Gasteiger charge is 2.32. The zero-order valence-electron chi connectivity index (χ0n) is 17.1. The first kappa shape index (κ1) is 22.4. The highest BCUT2D eigenvalue weighted by atomic mass is 35.5. The molecule has 2 heterocycles. The van der Waals surface area contributed by atoms with Crippen LogP contribution < -0.4 is 5.32 Å². The summed E-state index contributed by atoms with van der Waals surface area (Å²) in [4.78, 5) is 12.9. The van der Waals surface area contributed by atoms with Crippen molar-refractivity contribution in [3.8, 4) is 0 Å². The zero-order chi connectivity index (χ0) is 22.7. The number of hydrogen-bond acceptors (Lipinski definition) is 4. The second-order valence-electron chi connectivity index (χ2n) is 7.59. The lowest BCUT2D eigenvalue weighted by molar-refractivity contribution is -0.121. The molecule has 168 valence electrons. The lowest BCUT2D eigenvalue weighted by Crippen LogP contribution is -2.41. The maximum absolute atomic E-state index is 13.1. The second-order valence-corrected chi connectivity index (χ2v) is 9.93. The Bertz CT molecular complexity index is 1210. The molecule has 1 amide bonds. The molecule has 10 heteroatoms. The van der Waals surface area contributed by atoms with Crippen LogP contribution in [-0.2, 0) is 21.4 Å². The Morgan fingerprint density at radius 3 is 2.47 bits per heavy atom. The number of nitrogens with zero attached hydrogens (tertiary/aromatic N) is 3. The van der Waals surface area contributed by atoms with Crippen LogP contribution in [0.25, 0.3) is 0 Å². The lowest BCUT2D eigenvalue weighted by atomic mass is 9.97. The summed E-state index contributed by atoms with van der Waals surface area (Å²) in [5.41, 5.74) is 0.882. The number of rotatable bonds is 6. The molecule has 1 aliphatic heterocycles. The van der Waals surface area contributed by atoms with Gasteiger partial charge < -0.3 is 5.32 Å². The van der Waals surface area contributed by atoms with Crippen LogP contribution in [0.2, 0.25) is 5.02 Å². The van der Waals surface area contributed by atoms with Crippen molar-refractivity contribution < 1.29 is 17.6 Å². The number of piperidine rings is 1. The Balaban J connectivity index is 1.37. The largest absolute Gasteiger partial charge is 0.311 e. The van der Waals surface area contributed by atoms with E-state index in [2.05, 4.69) is 10.4 Å². The summed E-state index contributed by atoms with van der Waals surface area (Å²) in [7, 11) is -3.71. The first-order chi connectivity index (χ1) is 15.3. The van der Waals surface area contributed by atoms with Gasteiger partial charge in [0.25, 0.3) is 0 Å². The van der Waals surface area contributed by atoms with Crippen molar-refractivity contribution in [2.45, 2.75) is 24.3 Å². The molecule has 2 aromatic carbocycles. The third kappa shape index (κ3) is 4.85. The number of halogens is 2. The normalized spacial score (nSPS) is 15.6. The number of aromatic nitrogens is 2. The molecule has 4 rings (SSSR count). The molecule has 1 aromatic heterocycles. The molecule has 32 heavy (non-hydrogen) atoms. The molecule has 0 radical (unpaired) electrons. The Kier molecular flexibility index (Phi) is 6.59. The van der Waals surface area contributed by atoms with Crippen molar-refractivity contribution in [3.63, 3.8) is 0 Å². The summed E-state index contributed by atoms with van der Waals surface area (Å²) in [5.74, 6) is -0.438. The van der Waals surface area contributed by atoms with Gasteiger partial charge in [0.05, 0.1) is 17.6 Å². The Hall–Kier alpha value is -2.75. The molecule has 0 bridgehead atoms. The van der Waals surface area contributed by atoms with Gasteiger partial charge in [0.15, 0.2) is 0 Å². The van der Waals surface area contributed by atoms with Gasteiger partial charge in [0.1, 0.15) is 11.6 Å². The standard InChI is InChI=1S/C22H22ClFN4O3S/c23-20-4-2-1-3-17(20)15-28-21(9-12-25-28)26-22(29)16-10-13-27(14-11-16)32(30,31)19-7-5-18(24)6-8-19/h1-9,12,16H,10-11,13-15H2,(H,26,29). The molecule has 7 nitrogen and oxygen atoms in total. The minimum absolute atomic E-state index is 0.0466. The van der Waals surface area contributed by atoms with Crippen LogP contribution in [0.1, 0.15) is 18.4 Å². The number of benzene rings is 2. The summed E-state index contributed by atoms with van der Waals surface area (Å²) in [6, 6.07) is 13.9. The van der Waals surface area contributed by atoms with Crippen molar-refractivity contribution in [3.05, 3.63) is 77.2 Å². The van der Waals surface area contributed by atoms with Gasteiger partial charge in [-0.3, -0.25) is 4.79 Å². The van der Waals surface area contributed by atoms with E-state index in [1.807, 2.05) is 18.2 Å². The van der Waals surface area contributed by atoms with Crippen LogP contribution >= 0.6 is 11.6 Å².